The summed E-state index contributed by atoms with van der Waals surface area (Å²) in [6.45, 7) is 7.59. The van der Waals surface area contributed by atoms with Crippen molar-refractivity contribution < 1.29 is 9.26 Å². The minimum absolute atomic E-state index is 0.240. The van der Waals surface area contributed by atoms with Gasteiger partial charge in [0.05, 0.1) is 17.7 Å². The summed E-state index contributed by atoms with van der Waals surface area (Å²) in [6.07, 6.45) is 0.952. The van der Waals surface area contributed by atoms with E-state index in [1.165, 1.54) is 5.56 Å². The molecule has 3 aromatic rings. The number of nitrogens with zero attached hydrogens (tertiary/aromatic N) is 3. The molecule has 4 rings (SSSR count). The maximum absolute atomic E-state index is 5.60. The van der Waals surface area contributed by atoms with Gasteiger partial charge in [0.25, 0.3) is 5.89 Å². The third-order valence-corrected chi connectivity index (χ3v) is 4.58. The van der Waals surface area contributed by atoms with Gasteiger partial charge in [0.15, 0.2) is 5.82 Å². The summed E-state index contributed by atoms with van der Waals surface area (Å²) in [7, 11) is 0. The van der Waals surface area contributed by atoms with E-state index < -0.39 is 0 Å². The fraction of sp³-hybridized carbons (Fsp3) is 0.389. The number of aromatic nitrogens is 3. The first-order valence-electron chi connectivity index (χ1n) is 7.93. The molecule has 1 atom stereocenters. The highest BCUT2D eigenvalue weighted by Gasteiger charge is 2.25. The van der Waals surface area contributed by atoms with Gasteiger partial charge in [-0.1, -0.05) is 16.8 Å². The quantitative estimate of drug-likeness (QED) is 0.722. The lowest BCUT2D eigenvalue weighted by Gasteiger charge is -2.10. The van der Waals surface area contributed by atoms with Crippen LogP contribution in [0.3, 0.4) is 0 Å². The maximum atomic E-state index is 5.60. The minimum atomic E-state index is 0.240. The second-order valence-corrected chi connectivity index (χ2v) is 6.24. The van der Waals surface area contributed by atoms with E-state index in [0.717, 1.165) is 46.6 Å². The van der Waals surface area contributed by atoms with Crippen LogP contribution in [0.25, 0.3) is 22.4 Å². The molecule has 5 nitrogen and oxygen atoms in total. The fourth-order valence-electron chi connectivity index (χ4n) is 3.11. The molecule has 2 aromatic heterocycles. The Morgan fingerprint density at radius 3 is 2.78 bits per heavy atom. The Morgan fingerprint density at radius 1 is 1.13 bits per heavy atom. The Hall–Kier alpha value is -2.27. The van der Waals surface area contributed by atoms with Gasteiger partial charge in [-0.15, -0.1) is 0 Å². The molecular formula is C18H19N3O2. The molecule has 0 aliphatic carbocycles. The molecule has 0 saturated carbocycles. The molecule has 1 fully saturated rings. The highest BCUT2D eigenvalue weighted by molar-refractivity contribution is 5.94. The van der Waals surface area contributed by atoms with Crippen molar-refractivity contribution in [1.82, 2.24) is 15.1 Å². The second kappa shape index (κ2) is 5.42. The molecule has 0 bridgehead atoms. The monoisotopic (exact) mass is 309 g/mol. The summed E-state index contributed by atoms with van der Waals surface area (Å²) in [5, 5.41) is 5.25. The van der Waals surface area contributed by atoms with Crippen LogP contribution in [-0.4, -0.2) is 28.3 Å². The molecule has 0 spiro atoms. The van der Waals surface area contributed by atoms with Crippen molar-refractivity contribution in [2.75, 3.05) is 13.2 Å². The van der Waals surface area contributed by atoms with E-state index in [1.54, 1.807) is 0 Å². The largest absolute Gasteiger partial charge is 0.381 e. The molecule has 118 valence electrons. The Balaban J connectivity index is 1.90. The van der Waals surface area contributed by atoms with Gasteiger partial charge in [-0.3, -0.25) is 4.98 Å². The van der Waals surface area contributed by atoms with Crippen molar-refractivity contribution in [2.45, 2.75) is 33.1 Å². The first-order valence-corrected chi connectivity index (χ1v) is 7.93. The summed E-state index contributed by atoms with van der Waals surface area (Å²) < 4.78 is 11.0. The normalized spacial score (nSPS) is 18.0. The van der Waals surface area contributed by atoms with Gasteiger partial charge in [-0.2, -0.15) is 4.98 Å². The van der Waals surface area contributed by atoms with Crippen LogP contribution in [-0.2, 0) is 4.74 Å². The first kappa shape index (κ1) is 14.3. The van der Waals surface area contributed by atoms with Crippen LogP contribution >= 0.6 is 0 Å². The molecule has 23 heavy (non-hydrogen) atoms. The summed E-state index contributed by atoms with van der Waals surface area (Å²) in [4.78, 5) is 9.34. The van der Waals surface area contributed by atoms with Crippen molar-refractivity contribution in [2.24, 2.45) is 0 Å². The van der Waals surface area contributed by atoms with Crippen LogP contribution in [0, 0.1) is 20.8 Å². The third kappa shape index (κ3) is 2.41. The van der Waals surface area contributed by atoms with Crippen molar-refractivity contribution in [3.05, 3.63) is 40.8 Å². The van der Waals surface area contributed by atoms with E-state index >= 15 is 0 Å². The van der Waals surface area contributed by atoms with E-state index in [1.807, 2.05) is 13.0 Å². The van der Waals surface area contributed by atoms with Crippen molar-refractivity contribution in [1.29, 1.82) is 0 Å². The highest BCUT2D eigenvalue weighted by atomic mass is 16.5. The predicted octanol–water partition coefficient (Wildman–Crippen LogP) is 3.71. The molecule has 0 amide bonds. The number of ether oxygens (including phenoxy) is 1. The number of fused-ring (bicyclic) bond motifs is 1. The average Bonchev–Trinajstić information content (AvgIpc) is 3.19. The number of rotatable bonds is 2. The maximum Gasteiger partial charge on any atom is 0.258 e. The lowest BCUT2D eigenvalue weighted by molar-refractivity contribution is 0.192. The van der Waals surface area contributed by atoms with E-state index in [9.17, 15) is 0 Å². The summed E-state index contributed by atoms with van der Waals surface area (Å²) >= 11 is 0. The number of hydrogen-bond donors (Lipinski definition) is 0. The zero-order valence-electron chi connectivity index (χ0n) is 13.6. The summed E-state index contributed by atoms with van der Waals surface area (Å²) in [5.41, 5.74) is 5.21. The molecule has 0 radical (unpaired) electrons. The Morgan fingerprint density at radius 2 is 2.00 bits per heavy atom. The molecule has 5 heteroatoms. The number of aryl methyl sites for hydroxylation is 2. The zero-order chi connectivity index (χ0) is 16.0. The summed E-state index contributed by atoms with van der Waals surface area (Å²) in [5.74, 6) is 1.56. The van der Waals surface area contributed by atoms with Crippen LogP contribution in [0.4, 0.5) is 0 Å². The van der Waals surface area contributed by atoms with Gasteiger partial charge in [0.2, 0.25) is 0 Å². The van der Waals surface area contributed by atoms with E-state index in [2.05, 4.69) is 41.1 Å². The van der Waals surface area contributed by atoms with Gasteiger partial charge in [-0.05, 0) is 44.9 Å². The smallest absolute Gasteiger partial charge is 0.258 e. The van der Waals surface area contributed by atoms with Crippen LogP contribution in [0.2, 0.25) is 0 Å². The van der Waals surface area contributed by atoms with Crippen molar-refractivity contribution in [3.8, 4) is 11.5 Å². The van der Waals surface area contributed by atoms with Gasteiger partial charge < -0.3 is 9.26 Å². The standard InChI is InChI=1S/C18H19N3O2/c1-10-4-5-15-14(8-10)16(11(2)12(3)19-15)18-20-17(21-23-18)13-6-7-22-9-13/h4-5,8,13H,6-7,9H2,1-3H3/t13-/m1/s1. The number of hydrogen-bond acceptors (Lipinski definition) is 5. The fourth-order valence-corrected chi connectivity index (χ4v) is 3.11. The lowest BCUT2D eigenvalue weighted by Crippen LogP contribution is -2.00. The predicted molar refractivity (Wildman–Crippen MR) is 87.4 cm³/mol. The van der Waals surface area contributed by atoms with Gasteiger partial charge >= 0.3 is 0 Å². The van der Waals surface area contributed by atoms with Crippen molar-refractivity contribution >= 4 is 10.9 Å². The second-order valence-electron chi connectivity index (χ2n) is 6.24. The van der Waals surface area contributed by atoms with Gasteiger partial charge in [0, 0.05) is 23.6 Å². The topological polar surface area (TPSA) is 61.0 Å². The van der Waals surface area contributed by atoms with E-state index in [4.69, 9.17) is 9.26 Å². The Labute approximate surface area is 134 Å². The first-order chi connectivity index (χ1) is 11.1. The molecule has 1 aliphatic heterocycles. The molecule has 3 heterocycles. The van der Waals surface area contributed by atoms with Crippen LogP contribution in [0.5, 0.6) is 0 Å². The Bertz CT molecular complexity index is 879. The number of benzene rings is 1. The van der Waals surface area contributed by atoms with E-state index in [0.29, 0.717) is 12.5 Å². The van der Waals surface area contributed by atoms with Gasteiger partial charge in [0.1, 0.15) is 0 Å². The molecule has 1 aromatic carbocycles. The van der Waals surface area contributed by atoms with E-state index in [-0.39, 0.29) is 5.92 Å². The third-order valence-electron chi connectivity index (χ3n) is 4.58. The lowest BCUT2D eigenvalue weighted by atomic mass is 10.00. The summed E-state index contributed by atoms with van der Waals surface area (Å²) in [6, 6.07) is 6.25. The number of pyridine rings is 1. The van der Waals surface area contributed by atoms with Gasteiger partial charge in [-0.25, -0.2) is 0 Å². The minimum Gasteiger partial charge on any atom is -0.381 e. The molecule has 1 aliphatic rings. The molecule has 0 N–H and O–H groups in total. The molecule has 1 saturated heterocycles. The SMILES string of the molecule is Cc1ccc2nc(C)c(C)c(-c3nc([C@@H]4CCOC4)no3)c2c1. The van der Waals surface area contributed by atoms with Crippen molar-refractivity contribution in [3.63, 3.8) is 0 Å². The average molecular weight is 309 g/mol. The van der Waals surface area contributed by atoms with Crippen LogP contribution in [0.1, 0.15) is 35.0 Å². The highest BCUT2D eigenvalue weighted by Crippen LogP contribution is 2.33. The van der Waals surface area contributed by atoms with Crippen LogP contribution < -0.4 is 0 Å². The molecule has 0 unspecified atom stereocenters. The Kier molecular flexibility index (Phi) is 3.38. The zero-order valence-corrected chi connectivity index (χ0v) is 13.6. The van der Waals surface area contributed by atoms with Crippen LogP contribution in [0.15, 0.2) is 22.7 Å². The molecular weight excluding hydrogens is 290 g/mol.